The molecule has 2 unspecified atom stereocenters. The Morgan fingerprint density at radius 3 is 2.67 bits per heavy atom. The second-order valence-electron chi connectivity index (χ2n) is 4.96. The lowest BCUT2D eigenvalue weighted by Gasteiger charge is -2.13. The van der Waals surface area contributed by atoms with Gasteiger partial charge in [0, 0.05) is 6.04 Å². The van der Waals surface area contributed by atoms with Crippen LogP contribution in [0.15, 0.2) is 23.1 Å². The van der Waals surface area contributed by atoms with Gasteiger partial charge in [-0.15, -0.1) is 0 Å². The Labute approximate surface area is 122 Å². The topological polar surface area (TPSA) is 92.7 Å². The van der Waals surface area contributed by atoms with Crippen molar-refractivity contribution < 1.29 is 27.4 Å². The number of hydrogen-bond donors (Lipinski definition) is 2. The van der Waals surface area contributed by atoms with E-state index >= 15 is 0 Å². The Morgan fingerprint density at radius 2 is 2.14 bits per heavy atom. The van der Waals surface area contributed by atoms with Crippen molar-refractivity contribution in [1.82, 2.24) is 4.72 Å². The highest BCUT2D eigenvalue weighted by atomic mass is 32.2. The van der Waals surface area contributed by atoms with Crippen LogP contribution in [0.4, 0.5) is 4.39 Å². The van der Waals surface area contributed by atoms with Crippen LogP contribution in [0.25, 0.3) is 0 Å². The van der Waals surface area contributed by atoms with E-state index in [1.807, 2.05) is 0 Å². The molecule has 1 aliphatic carbocycles. The average molecular weight is 317 g/mol. The number of sulfonamides is 1. The fraction of sp³-hybridized carbons (Fsp3) is 0.462. The smallest absolute Gasteiger partial charge is 0.306 e. The standard InChI is InChI=1S/C13H16FNO5S/c1-20-12-5-4-10(7-11(12)14)21(18,19)15-9-3-2-8(6-9)13(16)17/h4-5,7-9,15H,2-3,6H2,1H3,(H,16,17). The van der Waals surface area contributed by atoms with Crippen molar-refractivity contribution >= 4 is 16.0 Å². The first-order valence-electron chi connectivity index (χ1n) is 6.42. The summed E-state index contributed by atoms with van der Waals surface area (Å²) in [4.78, 5) is 10.6. The summed E-state index contributed by atoms with van der Waals surface area (Å²) in [6.45, 7) is 0. The molecule has 0 saturated heterocycles. The number of carboxylic acid groups (broad SMARTS) is 1. The Balaban J connectivity index is 2.12. The summed E-state index contributed by atoms with van der Waals surface area (Å²) in [5.41, 5.74) is 0. The molecule has 2 rings (SSSR count). The maximum atomic E-state index is 13.6. The lowest BCUT2D eigenvalue weighted by Crippen LogP contribution is -2.33. The van der Waals surface area contributed by atoms with Crippen LogP contribution in [0.5, 0.6) is 5.75 Å². The van der Waals surface area contributed by atoms with Crippen LogP contribution >= 0.6 is 0 Å². The van der Waals surface area contributed by atoms with Crippen molar-refractivity contribution in [1.29, 1.82) is 0 Å². The minimum Gasteiger partial charge on any atom is -0.494 e. The van der Waals surface area contributed by atoms with E-state index in [1.165, 1.54) is 19.2 Å². The number of nitrogens with one attached hydrogen (secondary N) is 1. The lowest BCUT2D eigenvalue weighted by atomic mass is 10.1. The fourth-order valence-electron chi connectivity index (χ4n) is 2.41. The zero-order chi connectivity index (χ0) is 15.6. The van der Waals surface area contributed by atoms with E-state index in [4.69, 9.17) is 9.84 Å². The van der Waals surface area contributed by atoms with Gasteiger partial charge in [0.15, 0.2) is 11.6 Å². The van der Waals surface area contributed by atoms with Gasteiger partial charge in [0.2, 0.25) is 10.0 Å². The van der Waals surface area contributed by atoms with E-state index in [9.17, 15) is 17.6 Å². The number of ether oxygens (including phenoxy) is 1. The summed E-state index contributed by atoms with van der Waals surface area (Å²) < 4.78 is 45.0. The molecule has 2 atom stereocenters. The minimum absolute atomic E-state index is 0.0410. The van der Waals surface area contributed by atoms with Crippen LogP contribution < -0.4 is 9.46 Å². The Kier molecular flexibility index (Phi) is 4.48. The van der Waals surface area contributed by atoms with Crippen molar-refractivity contribution in [2.24, 2.45) is 5.92 Å². The molecule has 1 saturated carbocycles. The lowest BCUT2D eigenvalue weighted by molar-refractivity contribution is -0.141. The van der Waals surface area contributed by atoms with Crippen LogP contribution in [-0.2, 0) is 14.8 Å². The van der Waals surface area contributed by atoms with Gasteiger partial charge in [-0.25, -0.2) is 17.5 Å². The summed E-state index contributed by atoms with van der Waals surface area (Å²) in [7, 11) is -2.59. The van der Waals surface area contributed by atoms with E-state index < -0.39 is 33.8 Å². The third-order valence-electron chi connectivity index (χ3n) is 3.54. The molecule has 0 radical (unpaired) electrons. The highest BCUT2D eigenvalue weighted by Gasteiger charge is 2.32. The van der Waals surface area contributed by atoms with E-state index in [0.29, 0.717) is 12.8 Å². The molecule has 0 amide bonds. The van der Waals surface area contributed by atoms with E-state index in [2.05, 4.69) is 4.72 Å². The molecule has 1 aromatic carbocycles. The molecule has 21 heavy (non-hydrogen) atoms. The fourth-order valence-corrected chi connectivity index (χ4v) is 3.71. The van der Waals surface area contributed by atoms with E-state index in [0.717, 1.165) is 6.07 Å². The van der Waals surface area contributed by atoms with Crippen LogP contribution in [0, 0.1) is 11.7 Å². The van der Waals surface area contributed by atoms with Crippen LogP contribution in [0.2, 0.25) is 0 Å². The normalized spacial score (nSPS) is 22.2. The number of hydrogen-bond acceptors (Lipinski definition) is 4. The van der Waals surface area contributed by atoms with Gasteiger partial charge >= 0.3 is 5.97 Å². The third-order valence-corrected chi connectivity index (χ3v) is 5.06. The van der Waals surface area contributed by atoms with Crippen LogP contribution in [0.1, 0.15) is 19.3 Å². The molecule has 2 N–H and O–H groups in total. The first-order chi connectivity index (χ1) is 9.83. The number of methoxy groups -OCH3 is 1. The summed E-state index contributed by atoms with van der Waals surface area (Å²) in [5.74, 6) is -2.27. The summed E-state index contributed by atoms with van der Waals surface area (Å²) in [5, 5.41) is 8.90. The number of rotatable bonds is 5. The molecule has 1 aromatic rings. The molecule has 0 aromatic heterocycles. The minimum atomic E-state index is -3.88. The van der Waals surface area contributed by atoms with E-state index in [-0.39, 0.29) is 17.1 Å². The molecule has 1 fully saturated rings. The largest absolute Gasteiger partial charge is 0.494 e. The summed E-state index contributed by atoms with van der Waals surface area (Å²) in [6.07, 6.45) is 1.13. The maximum Gasteiger partial charge on any atom is 0.306 e. The van der Waals surface area contributed by atoms with Crippen molar-refractivity contribution in [2.45, 2.75) is 30.2 Å². The predicted molar refractivity (Wildman–Crippen MR) is 72.0 cm³/mol. The van der Waals surface area contributed by atoms with Crippen molar-refractivity contribution in [3.05, 3.63) is 24.0 Å². The number of halogens is 1. The Morgan fingerprint density at radius 1 is 1.43 bits per heavy atom. The Hall–Kier alpha value is -1.67. The maximum absolute atomic E-state index is 13.6. The number of carboxylic acids is 1. The highest BCUT2D eigenvalue weighted by molar-refractivity contribution is 7.89. The molecule has 1 aliphatic rings. The van der Waals surface area contributed by atoms with Gasteiger partial charge < -0.3 is 9.84 Å². The van der Waals surface area contributed by atoms with Gasteiger partial charge in [-0.05, 0) is 37.5 Å². The van der Waals surface area contributed by atoms with Gasteiger partial charge in [-0.2, -0.15) is 0 Å². The van der Waals surface area contributed by atoms with Crippen molar-refractivity contribution in [2.75, 3.05) is 7.11 Å². The van der Waals surface area contributed by atoms with E-state index in [1.54, 1.807) is 0 Å². The second kappa shape index (κ2) is 5.98. The quantitative estimate of drug-likeness (QED) is 0.855. The molecular weight excluding hydrogens is 301 g/mol. The SMILES string of the molecule is COc1ccc(S(=O)(=O)NC2CCC(C(=O)O)C2)cc1F. The van der Waals surface area contributed by atoms with Gasteiger partial charge in [0.25, 0.3) is 0 Å². The monoisotopic (exact) mass is 317 g/mol. The zero-order valence-electron chi connectivity index (χ0n) is 11.4. The predicted octanol–water partition coefficient (Wildman–Crippen LogP) is 1.37. The summed E-state index contributed by atoms with van der Waals surface area (Å²) >= 11 is 0. The van der Waals surface area contributed by atoms with Crippen LogP contribution in [0.3, 0.4) is 0 Å². The average Bonchev–Trinajstić information content (AvgIpc) is 2.86. The Bertz CT molecular complexity index is 646. The second-order valence-corrected chi connectivity index (χ2v) is 6.68. The third kappa shape index (κ3) is 3.51. The molecule has 0 spiro atoms. The number of aliphatic carboxylic acids is 1. The van der Waals surface area contributed by atoms with Gasteiger partial charge in [0.1, 0.15) is 0 Å². The first-order valence-corrected chi connectivity index (χ1v) is 7.90. The molecule has 0 aliphatic heterocycles. The summed E-state index contributed by atoms with van der Waals surface area (Å²) in [6, 6.07) is 2.92. The van der Waals surface area contributed by atoms with Gasteiger partial charge in [0.05, 0.1) is 17.9 Å². The number of carbonyl (C=O) groups is 1. The molecular formula is C13H16FNO5S. The van der Waals surface area contributed by atoms with Crippen LogP contribution in [-0.4, -0.2) is 32.6 Å². The van der Waals surface area contributed by atoms with Gasteiger partial charge in [-0.1, -0.05) is 0 Å². The number of benzene rings is 1. The molecule has 0 bridgehead atoms. The highest BCUT2D eigenvalue weighted by Crippen LogP contribution is 2.27. The van der Waals surface area contributed by atoms with Crippen molar-refractivity contribution in [3.8, 4) is 5.75 Å². The molecule has 6 nitrogen and oxygen atoms in total. The van der Waals surface area contributed by atoms with Gasteiger partial charge in [-0.3, -0.25) is 4.79 Å². The molecule has 8 heteroatoms. The molecule has 116 valence electrons. The zero-order valence-corrected chi connectivity index (χ0v) is 12.2. The van der Waals surface area contributed by atoms with Crippen molar-refractivity contribution in [3.63, 3.8) is 0 Å². The first kappa shape index (κ1) is 15.7. The molecule has 0 heterocycles.